The van der Waals surface area contributed by atoms with Crippen molar-refractivity contribution in [3.63, 3.8) is 0 Å². The minimum absolute atomic E-state index is 0.0169. The predicted molar refractivity (Wildman–Crippen MR) is 64.2 cm³/mol. The standard InChI is InChI=1S/C12H19NO4/c1-16-8-10(7-14)13-6-9-3-4-11(15)12(5-9)17-2/h3-5,10,13-15H,6-8H2,1-2H3. The molecule has 1 rings (SSSR count). The van der Waals surface area contributed by atoms with E-state index < -0.39 is 0 Å². The first-order valence-electron chi connectivity index (χ1n) is 5.40. The Balaban J connectivity index is 2.56. The molecule has 0 heterocycles. The summed E-state index contributed by atoms with van der Waals surface area (Å²) in [6.45, 7) is 1.04. The van der Waals surface area contributed by atoms with Crippen LogP contribution < -0.4 is 10.1 Å². The Morgan fingerprint density at radius 2 is 2.12 bits per heavy atom. The van der Waals surface area contributed by atoms with Gasteiger partial charge in [-0.1, -0.05) is 6.07 Å². The summed E-state index contributed by atoms with van der Waals surface area (Å²) in [5.41, 5.74) is 0.967. The summed E-state index contributed by atoms with van der Waals surface area (Å²) in [5, 5.41) is 21.7. The highest BCUT2D eigenvalue weighted by atomic mass is 16.5. The van der Waals surface area contributed by atoms with Crippen LogP contribution in [0, 0.1) is 0 Å². The molecule has 0 saturated heterocycles. The van der Waals surface area contributed by atoms with E-state index in [1.54, 1.807) is 25.3 Å². The lowest BCUT2D eigenvalue weighted by Gasteiger charge is -2.15. The monoisotopic (exact) mass is 241 g/mol. The molecule has 0 bridgehead atoms. The van der Waals surface area contributed by atoms with Gasteiger partial charge >= 0.3 is 0 Å². The van der Waals surface area contributed by atoms with Gasteiger partial charge in [0.25, 0.3) is 0 Å². The number of rotatable bonds is 7. The average molecular weight is 241 g/mol. The molecule has 0 saturated carbocycles. The second-order valence-electron chi connectivity index (χ2n) is 3.72. The summed E-state index contributed by atoms with van der Waals surface area (Å²) in [6.07, 6.45) is 0. The third kappa shape index (κ3) is 4.22. The van der Waals surface area contributed by atoms with E-state index in [0.717, 1.165) is 5.56 Å². The lowest BCUT2D eigenvalue weighted by atomic mass is 10.2. The third-order valence-electron chi connectivity index (χ3n) is 2.43. The Labute approximate surface area is 101 Å². The van der Waals surface area contributed by atoms with Crippen LogP contribution in [0.4, 0.5) is 0 Å². The fourth-order valence-corrected chi connectivity index (χ4v) is 1.47. The number of hydrogen-bond acceptors (Lipinski definition) is 5. The number of phenolic OH excluding ortho intramolecular Hbond substituents is 1. The summed E-state index contributed by atoms with van der Waals surface area (Å²) in [5.74, 6) is 0.559. The van der Waals surface area contributed by atoms with Gasteiger partial charge in [0.1, 0.15) is 0 Å². The second-order valence-corrected chi connectivity index (χ2v) is 3.72. The van der Waals surface area contributed by atoms with Crippen molar-refractivity contribution in [2.45, 2.75) is 12.6 Å². The van der Waals surface area contributed by atoms with Crippen LogP contribution in [-0.2, 0) is 11.3 Å². The number of methoxy groups -OCH3 is 2. The average Bonchev–Trinajstić information content (AvgIpc) is 2.36. The summed E-state index contributed by atoms with van der Waals surface area (Å²) in [7, 11) is 3.10. The van der Waals surface area contributed by atoms with Crippen molar-refractivity contribution in [1.29, 1.82) is 0 Å². The number of ether oxygens (including phenoxy) is 2. The molecule has 96 valence electrons. The van der Waals surface area contributed by atoms with Gasteiger partial charge < -0.3 is 25.0 Å². The highest BCUT2D eigenvalue weighted by Gasteiger charge is 2.07. The van der Waals surface area contributed by atoms with E-state index in [4.69, 9.17) is 14.6 Å². The zero-order chi connectivity index (χ0) is 12.7. The fraction of sp³-hybridized carbons (Fsp3) is 0.500. The summed E-state index contributed by atoms with van der Waals surface area (Å²) in [6, 6.07) is 5.04. The molecule has 1 unspecified atom stereocenters. The maximum Gasteiger partial charge on any atom is 0.160 e. The van der Waals surface area contributed by atoms with Gasteiger partial charge in [-0.3, -0.25) is 0 Å². The number of nitrogens with one attached hydrogen (secondary N) is 1. The van der Waals surface area contributed by atoms with Crippen LogP contribution in [-0.4, -0.2) is 43.7 Å². The molecule has 0 radical (unpaired) electrons. The highest BCUT2D eigenvalue weighted by Crippen LogP contribution is 2.26. The van der Waals surface area contributed by atoms with Gasteiger partial charge in [-0.05, 0) is 17.7 Å². The lowest BCUT2D eigenvalue weighted by molar-refractivity contribution is 0.128. The lowest BCUT2D eigenvalue weighted by Crippen LogP contribution is -2.35. The van der Waals surface area contributed by atoms with E-state index in [9.17, 15) is 5.11 Å². The van der Waals surface area contributed by atoms with Gasteiger partial charge in [0.15, 0.2) is 11.5 Å². The third-order valence-corrected chi connectivity index (χ3v) is 2.43. The van der Waals surface area contributed by atoms with E-state index in [-0.39, 0.29) is 18.4 Å². The maximum atomic E-state index is 9.44. The van der Waals surface area contributed by atoms with E-state index in [0.29, 0.717) is 18.9 Å². The molecule has 17 heavy (non-hydrogen) atoms. The molecular formula is C12H19NO4. The zero-order valence-corrected chi connectivity index (χ0v) is 10.1. The Morgan fingerprint density at radius 1 is 1.35 bits per heavy atom. The van der Waals surface area contributed by atoms with Crippen molar-refractivity contribution in [1.82, 2.24) is 5.32 Å². The molecule has 0 aliphatic carbocycles. The van der Waals surface area contributed by atoms with Crippen molar-refractivity contribution in [3.05, 3.63) is 23.8 Å². The molecule has 1 aromatic rings. The van der Waals surface area contributed by atoms with Crippen molar-refractivity contribution in [2.24, 2.45) is 0 Å². The second kappa shape index (κ2) is 7.11. The highest BCUT2D eigenvalue weighted by molar-refractivity contribution is 5.41. The molecular weight excluding hydrogens is 222 g/mol. The number of aromatic hydroxyl groups is 1. The smallest absolute Gasteiger partial charge is 0.160 e. The van der Waals surface area contributed by atoms with Gasteiger partial charge in [-0.25, -0.2) is 0 Å². The van der Waals surface area contributed by atoms with Crippen LogP contribution in [0.15, 0.2) is 18.2 Å². The van der Waals surface area contributed by atoms with Crippen LogP contribution in [0.25, 0.3) is 0 Å². The summed E-state index contributed by atoms with van der Waals surface area (Å²) in [4.78, 5) is 0. The summed E-state index contributed by atoms with van der Waals surface area (Å²) >= 11 is 0. The molecule has 3 N–H and O–H groups in total. The first-order chi connectivity index (χ1) is 8.21. The van der Waals surface area contributed by atoms with Crippen LogP contribution in [0.1, 0.15) is 5.56 Å². The first kappa shape index (κ1) is 13.8. The van der Waals surface area contributed by atoms with Crippen LogP contribution in [0.3, 0.4) is 0 Å². The first-order valence-corrected chi connectivity index (χ1v) is 5.40. The minimum Gasteiger partial charge on any atom is -0.504 e. The van der Waals surface area contributed by atoms with Gasteiger partial charge in [-0.15, -0.1) is 0 Å². The number of phenols is 1. The number of hydrogen-bond donors (Lipinski definition) is 3. The molecule has 0 aliphatic rings. The summed E-state index contributed by atoms with van der Waals surface area (Å²) < 4.78 is 9.97. The van der Waals surface area contributed by atoms with E-state index in [1.807, 2.05) is 0 Å². The SMILES string of the molecule is COCC(CO)NCc1ccc(O)c(OC)c1. The number of aliphatic hydroxyl groups excluding tert-OH is 1. The molecule has 5 heteroatoms. The molecule has 0 aliphatic heterocycles. The quantitative estimate of drug-likeness (QED) is 0.648. The number of benzene rings is 1. The normalized spacial score (nSPS) is 12.4. The van der Waals surface area contributed by atoms with Crippen molar-refractivity contribution >= 4 is 0 Å². The predicted octanol–water partition coefficient (Wildman–Crippen LogP) is 0.498. The van der Waals surface area contributed by atoms with E-state index >= 15 is 0 Å². The fourth-order valence-electron chi connectivity index (χ4n) is 1.47. The van der Waals surface area contributed by atoms with Crippen molar-refractivity contribution in [2.75, 3.05) is 27.4 Å². The van der Waals surface area contributed by atoms with Crippen molar-refractivity contribution in [3.8, 4) is 11.5 Å². The molecule has 1 atom stereocenters. The Bertz CT molecular complexity index is 343. The maximum absolute atomic E-state index is 9.44. The van der Waals surface area contributed by atoms with Gasteiger partial charge in [0.2, 0.25) is 0 Å². The largest absolute Gasteiger partial charge is 0.504 e. The minimum atomic E-state index is -0.0974. The van der Waals surface area contributed by atoms with Gasteiger partial charge in [-0.2, -0.15) is 0 Å². The van der Waals surface area contributed by atoms with E-state index in [2.05, 4.69) is 5.32 Å². The van der Waals surface area contributed by atoms with Crippen molar-refractivity contribution < 1.29 is 19.7 Å². The molecule has 5 nitrogen and oxygen atoms in total. The Morgan fingerprint density at radius 3 is 2.71 bits per heavy atom. The number of aliphatic hydroxyl groups is 1. The molecule has 0 aromatic heterocycles. The molecule has 0 amide bonds. The van der Waals surface area contributed by atoms with Gasteiger partial charge in [0.05, 0.1) is 26.4 Å². The van der Waals surface area contributed by atoms with E-state index in [1.165, 1.54) is 7.11 Å². The van der Waals surface area contributed by atoms with Gasteiger partial charge in [0, 0.05) is 13.7 Å². The molecule has 0 spiro atoms. The van der Waals surface area contributed by atoms with Crippen LogP contribution >= 0.6 is 0 Å². The van der Waals surface area contributed by atoms with Crippen LogP contribution in [0.5, 0.6) is 11.5 Å². The topological polar surface area (TPSA) is 71.0 Å². The molecule has 0 fully saturated rings. The Kier molecular flexibility index (Phi) is 5.76. The zero-order valence-electron chi connectivity index (χ0n) is 10.1. The molecule has 1 aromatic carbocycles. The Hall–Kier alpha value is -1.30. The van der Waals surface area contributed by atoms with Crippen LogP contribution in [0.2, 0.25) is 0 Å².